The molecular weight excluding hydrogens is 329 g/mol. The lowest BCUT2D eigenvalue weighted by Crippen LogP contribution is -2.16. The van der Waals surface area contributed by atoms with E-state index in [1.807, 2.05) is 20.8 Å². The molecule has 0 aliphatic carbocycles. The fourth-order valence-electron chi connectivity index (χ4n) is 1.63. The molecule has 23 heavy (non-hydrogen) atoms. The Bertz CT molecular complexity index is 652. The van der Waals surface area contributed by atoms with Gasteiger partial charge >= 0.3 is 6.18 Å². The molecule has 2 aromatic heterocycles. The lowest BCUT2D eigenvalue weighted by atomic mass is 9.96. The number of pyridine rings is 1. The number of hydrogen-bond acceptors (Lipinski definition) is 6. The topological polar surface area (TPSA) is 59.9 Å². The van der Waals surface area contributed by atoms with Crippen molar-refractivity contribution in [2.24, 2.45) is 0 Å². The third kappa shape index (κ3) is 4.78. The molecule has 0 amide bonds. The standard InChI is InChI=1S/C14H17F3N4OS/c1-13(2,3)11-20-12(23-21-11)19-7-8-22-10-9(14(15,16)17)5-4-6-18-10/h4-6H,7-8H2,1-3H3,(H,19,20,21). The fourth-order valence-corrected chi connectivity index (χ4v) is 2.41. The highest BCUT2D eigenvalue weighted by molar-refractivity contribution is 7.09. The number of anilines is 1. The Morgan fingerprint density at radius 2 is 2.00 bits per heavy atom. The number of nitrogens with one attached hydrogen (secondary N) is 1. The number of halogens is 3. The average Bonchev–Trinajstić information content (AvgIpc) is 2.92. The molecule has 0 aliphatic heterocycles. The van der Waals surface area contributed by atoms with E-state index in [1.54, 1.807) is 0 Å². The zero-order chi connectivity index (χ0) is 17.1. The van der Waals surface area contributed by atoms with E-state index in [9.17, 15) is 13.2 Å². The van der Waals surface area contributed by atoms with Gasteiger partial charge in [0.2, 0.25) is 11.0 Å². The quantitative estimate of drug-likeness (QED) is 0.836. The van der Waals surface area contributed by atoms with Crippen LogP contribution in [0.1, 0.15) is 32.2 Å². The van der Waals surface area contributed by atoms with Crippen molar-refractivity contribution in [2.45, 2.75) is 32.4 Å². The highest BCUT2D eigenvalue weighted by Gasteiger charge is 2.35. The largest absolute Gasteiger partial charge is 0.475 e. The van der Waals surface area contributed by atoms with Crippen LogP contribution in [0.2, 0.25) is 0 Å². The molecule has 1 N–H and O–H groups in total. The zero-order valence-corrected chi connectivity index (χ0v) is 13.8. The van der Waals surface area contributed by atoms with E-state index < -0.39 is 17.6 Å². The van der Waals surface area contributed by atoms with Crippen LogP contribution in [-0.4, -0.2) is 27.5 Å². The third-order valence-corrected chi connectivity index (χ3v) is 3.46. The molecule has 9 heteroatoms. The Labute approximate surface area is 136 Å². The van der Waals surface area contributed by atoms with E-state index in [0.717, 1.165) is 11.9 Å². The molecule has 0 saturated heterocycles. The van der Waals surface area contributed by atoms with Crippen LogP contribution in [0, 0.1) is 0 Å². The summed E-state index contributed by atoms with van der Waals surface area (Å²) in [5.41, 5.74) is -1.03. The summed E-state index contributed by atoms with van der Waals surface area (Å²) in [4.78, 5) is 7.96. The average molecular weight is 346 g/mol. The van der Waals surface area contributed by atoms with Crippen molar-refractivity contribution in [2.75, 3.05) is 18.5 Å². The predicted octanol–water partition coefficient (Wildman–Crippen LogP) is 3.74. The van der Waals surface area contributed by atoms with Crippen LogP contribution in [0.3, 0.4) is 0 Å². The van der Waals surface area contributed by atoms with Gasteiger partial charge < -0.3 is 10.1 Å². The molecule has 0 atom stereocenters. The molecule has 126 valence electrons. The van der Waals surface area contributed by atoms with Gasteiger partial charge in [0.25, 0.3) is 0 Å². The van der Waals surface area contributed by atoms with Crippen LogP contribution < -0.4 is 10.1 Å². The van der Waals surface area contributed by atoms with Crippen molar-refractivity contribution in [3.05, 3.63) is 29.7 Å². The second-order valence-corrected chi connectivity index (χ2v) is 6.55. The van der Waals surface area contributed by atoms with Gasteiger partial charge in [0.05, 0.1) is 6.54 Å². The van der Waals surface area contributed by atoms with Gasteiger partial charge in [-0.05, 0) is 12.1 Å². The van der Waals surface area contributed by atoms with Crippen LogP contribution in [0.15, 0.2) is 18.3 Å². The summed E-state index contributed by atoms with van der Waals surface area (Å²) in [5.74, 6) is 0.296. The summed E-state index contributed by atoms with van der Waals surface area (Å²) in [7, 11) is 0. The molecular formula is C14H17F3N4OS. The maximum Gasteiger partial charge on any atom is 0.421 e. The minimum absolute atomic E-state index is 0.0323. The van der Waals surface area contributed by atoms with Crippen molar-refractivity contribution >= 4 is 16.7 Å². The van der Waals surface area contributed by atoms with E-state index >= 15 is 0 Å². The summed E-state index contributed by atoms with van der Waals surface area (Å²) in [5, 5.41) is 3.58. The molecule has 0 radical (unpaired) electrons. The molecule has 0 fully saturated rings. The number of alkyl halides is 3. The van der Waals surface area contributed by atoms with E-state index in [0.29, 0.717) is 11.7 Å². The predicted molar refractivity (Wildman–Crippen MR) is 81.8 cm³/mol. The van der Waals surface area contributed by atoms with E-state index in [-0.39, 0.29) is 12.0 Å². The molecule has 0 bridgehead atoms. The maximum absolute atomic E-state index is 12.8. The first-order chi connectivity index (χ1) is 10.7. The van der Waals surface area contributed by atoms with Crippen LogP contribution in [-0.2, 0) is 11.6 Å². The molecule has 0 unspecified atom stereocenters. The molecule has 0 saturated carbocycles. The Hall–Kier alpha value is -1.90. The Morgan fingerprint density at radius 3 is 2.61 bits per heavy atom. The Kier molecular flexibility index (Phi) is 5.08. The fraction of sp³-hybridized carbons (Fsp3) is 0.500. The molecule has 5 nitrogen and oxygen atoms in total. The zero-order valence-electron chi connectivity index (χ0n) is 12.9. The number of ether oxygens (including phenoxy) is 1. The molecule has 2 rings (SSSR count). The second kappa shape index (κ2) is 6.69. The number of nitrogens with zero attached hydrogens (tertiary/aromatic N) is 3. The van der Waals surface area contributed by atoms with Crippen LogP contribution >= 0.6 is 11.5 Å². The first-order valence-electron chi connectivity index (χ1n) is 6.91. The second-order valence-electron chi connectivity index (χ2n) is 5.80. The smallest absolute Gasteiger partial charge is 0.421 e. The summed E-state index contributed by atoms with van der Waals surface area (Å²) in [6.45, 7) is 6.34. The van der Waals surface area contributed by atoms with Crippen molar-refractivity contribution < 1.29 is 17.9 Å². The maximum atomic E-state index is 12.8. The number of aromatic nitrogens is 3. The monoisotopic (exact) mass is 346 g/mol. The van der Waals surface area contributed by atoms with Crippen LogP contribution in [0.4, 0.5) is 18.3 Å². The highest BCUT2D eigenvalue weighted by atomic mass is 32.1. The minimum atomic E-state index is -4.49. The molecule has 0 aliphatic rings. The molecule has 0 spiro atoms. The van der Waals surface area contributed by atoms with Gasteiger partial charge in [0.1, 0.15) is 18.0 Å². The summed E-state index contributed by atoms with van der Waals surface area (Å²) in [6, 6.07) is 2.17. The van der Waals surface area contributed by atoms with E-state index in [4.69, 9.17) is 4.74 Å². The van der Waals surface area contributed by atoms with Gasteiger partial charge in [-0.2, -0.15) is 17.5 Å². The summed E-state index contributed by atoms with van der Waals surface area (Å²) in [6.07, 6.45) is -3.23. The normalized spacial score (nSPS) is 12.3. The number of hydrogen-bond donors (Lipinski definition) is 1. The molecule has 2 aromatic rings. The van der Waals surface area contributed by atoms with Crippen molar-refractivity contribution in [1.29, 1.82) is 0 Å². The van der Waals surface area contributed by atoms with Crippen LogP contribution in [0.5, 0.6) is 5.88 Å². The van der Waals surface area contributed by atoms with Gasteiger partial charge in [-0.1, -0.05) is 20.8 Å². The van der Waals surface area contributed by atoms with Crippen molar-refractivity contribution in [1.82, 2.24) is 14.3 Å². The van der Waals surface area contributed by atoms with Gasteiger partial charge in [-0.15, -0.1) is 0 Å². The van der Waals surface area contributed by atoms with E-state index in [1.165, 1.54) is 23.8 Å². The molecule has 2 heterocycles. The van der Waals surface area contributed by atoms with Gasteiger partial charge in [0.15, 0.2) is 0 Å². The van der Waals surface area contributed by atoms with Gasteiger partial charge in [0, 0.05) is 23.1 Å². The van der Waals surface area contributed by atoms with Crippen molar-refractivity contribution in [3.8, 4) is 5.88 Å². The molecule has 0 aromatic carbocycles. The Balaban J connectivity index is 1.88. The lowest BCUT2D eigenvalue weighted by molar-refractivity contribution is -0.139. The summed E-state index contributed by atoms with van der Waals surface area (Å²) < 4.78 is 47.7. The highest BCUT2D eigenvalue weighted by Crippen LogP contribution is 2.34. The number of rotatable bonds is 5. The SMILES string of the molecule is CC(C)(C)c1nsc(NCCOc2ncccc2C(F)(F)F)n1. The third-order valence-electron chi connectivity index (χ3n) is 2.79. The van der Waals surface area contributed by atoms with Gasteiger partial charge in [-0.25, -0.2) is 9.97 Å². The first kappa shape index (κ1) is 17.5. The van der Waals surface area contributed by atoms with Crippen LogP contribution in [0.25, 0.3) is 0 Å². The van der Waals surface area contributed by atoms with E-state index in [2.05, 4.69) is 19.7 Å². The Morgan fingerprint density at radius 1 is 1.26 bits per heavy atom. The lowest BCUT2D eigenvalue weighted by Gasteiger charge is -2.13. The van der Waals surface area contributed by atoms with Crippen molar-refractivity contribution in [3.63, 3.8) is 0 Å². The summed E-state index contributed by atoms with van der Waals surface area (Å²) >= 11 is 1.21. The first-order valence-corrected chi connectivity index (χ1v) is 7.68. The minimum Gasteiger partial charge on any atom is -0.475 e. The van der Waals surface area contributed by atoms with Gasteiger partial charge in [-0.3, -0.25) is 0 Å².